The van der Waals surface area contributed by atoms with Crippen molar-refractivity contribution >= 4 is 17.5 Å². The van der Waals surface area contributed by atoms with Crippen molar-refractivity contribution in [1.29, 1.82) is 0 Å². The molecule has 0 heterocycles. The molecule has 0 aliphatic heterocycles. The van der Waals surface area contributed by atoms with Crippen molar-refractivity contribution in [3.63, 3.8) is 0 Å². The van der Waals surface area contributed by atoms with Crippen LogP contribution in [0.4, 0.5) is 0 Å². The van der Waals surface area contributed by atoms with E-state index in [0.29, 0.717) is 37.0 Å². The van der Waals surface area contributed by atoms with E-state index in [4.69, 9.17) is 21.1 Å². The Morgan fingerprint density at radius 2 is 1.88 bits per heavy atom. The molecule has 1 amide bonds. The topological polar surface area (TPSA) is 47.6 Å². The minimum atomic E-state index is -0.157. The van der Waals surface area contributed by atoms with Gasteiger partial charge in [-0.15, -0.1) is 0 Å². The molecule has 1 N–H and O–H groups in total. The van der Waals surface area contributed by atoms with E-state index >= 15 is 0 Å². The molecule has 0 aliphatic rings. The molecule has 0 unspecified atom stereocenters. The van der Waals surface area contributed by atoms with Gasteiger partial charge in [0.25, 0.3) is 5.91 Å². The molecule has 0 fully saturated rings. The summed E-state index contributed by atoms with van der Waals surface area (Å²) < 4.78 is 11.0. The Labute approximate surface area is 147 Å². The Bertz CT molecular complexity index is 688. The molecular weight excluding hydrogens is 326 g/mol. The lowest BCUT2D eigenvalue weighted by Crippen LogP contribution is -2.23. The van der Waals surface area contributed by atoms with Crippen LogP contribution in [0.25, 0.3) is 0 Å². The van der Waals surface area contributed by atoms with Crippen LogP contribution in [-0.4, -0.2) is 19.1 Å². The summed E-state index contributed by atoms with van der Waals surface area (Å²) in [5.74, 6) is 0.587. The summed E-state index contributed by atoms with van der Waals surface area (Å²) in [5, 5.41) is 3.53. The zero-order valence-electron chi connectivity index (χ0n) is 14.0. The third kappa shape index (κ3) is 4.98. The van der Waals surface area contributed by atoms with E-state index in [0.717, 1.165) is 16.9 Å². The van der Waals surface area contributed by atoms with Crippen LogP contribution in [0.15, 0.2) is 42.5 Å². The molecule has 0 aliphatic carbocycles. The lowest BCUT2D eigenvalue weighted by molar-refractivity contribution is 0.0950. The van der Waals surface area contributed by atoms with Crippen molar-refractivity contribution in [2.45, 2.75) is 27.0 Å². The van der Waals surface area contributed by atoms with Crippen molar-refractivity contribution in [3.8, 4) is 5.75 Å². The molecule has 0 radical (unpaired) electrons. The molecule has 0 atom stereocenters. The van der Waals surface area contributed by atoms with Gasteiger partial charge >= 0.3 is 0 Å². The molecular formula is C19H22ClNO3. The highest BCUT2D eigenvalue weighted by atomic mass is 35.5. The zero-order valence-corrected chi connectivity index (χ0v) is 14.7. The molecule has 4 nitrogen and oxygen atoms in total. The molecule has 0 saturated heterocycles. The van der Waals surface area contributed by atoms with Gasteiger partial charge in [0.1, 0.15) is 5.75 Å². The van der Waals surface area contributed by atoms with Gasteiger partial charge in [-0.2, -0.15) is 0 Å². The summed E-state index contributed by atoms with van der Waals surface area (Å²) in [4.78, 5) is 12.4. The van der Waals surface area contributed by atoms with Gasteiger partial charge in [0, 0.05) is 29.3 Å². The maximum absolute atomic E-state index is 12.4. The molecule has 2 aromatic carbocycles. The second-order valence-corrected chi connectivity index (χ2v) is 5.57. The number of nitrogens with one attached hydrogen (secondary N) is 1. The van der Waals surface area contributed by atoms with Gasteiger partial charge in [0.05, 0.1) is 13.2 Å². The highest BCUT2D eigenvalue weighted by Crippen LogP contribution is 2.22. The van der Waals surface area contributed by atoms with Gasteiger partial charge in [-0.1, -0.05) is 29.8 Å². The molecule has 24 heavy (non-hydrogen) atoms. The lowest BCUT2D eigenvalue weighted by Gasteiger charge is -2.12. The number of benzene rings is 2. The fraction of sp³-hybridized carbons (Fsp3) is 0.316. The van der Waals surface area contributed by atoms with Gasteiger partial charge in [0.15, 0.2) is 0 Å². The number of hydrogen-bond acceptors (Lipinski definition) is 3. The van der Waals surface area contributed by atoms with E-state index in [1.165, 1.54) is 0 Å². The smallest absolute Gasteiger partial charge is 0.251 e. The highest BCUT2D eigenvalue weighted by Gasteiger charge is 2.11. The SMILES string of the molecule is CCOCc1cc(C(=O)NCc2ccccc2Cl)ccc1OCC. The summed E-state index contributed by atoms with van der Waals surface area (Å²) in [6, 6.07) is 12.8. The Balaban J connectivity index is 2.09. The van der Waals surface area contributed by atoms with E-state index in [9.17, 15) is 4.79 Å². The van der Waals surface area contributed by atoms with Gasteiger partial charge in [-0.3, -0.25) is 4.79 Å². The number of amides is 1. The monoisotopic (exact) mass is 347 g/mol. The van der Waals surface area contributed by atoms with Gasteiger partial charge in [-0.25, -0.2) is 0 Å². The minimum absolute atomic E-state index is 0.157. The molecule has 0 spiro atoms. The third-order valence-electron chi connectivity index (χ3n) is 3.48. The number of rotatable bonds is 8. The normalized spacial score (nSPS) is 10.5. The predicted octanol–water partition coefficient (Wildman–Crippen LogP) is 4.21. The van der Waals surface area contributed by atoms with Crippen molar-refractivity contribution in [3.05, 3.63) is 64.2 Å². The third-order valence-corrected chi connectivity index (χ3v) is 3.85. The molecule has 2 rings (SSSR count). The summed E-state index contributed by atoms with van der Waals surface area (Å²) >= 11 is 6.11. The van der Waals surface area contributed by atoms with Crippen LogP contribution in [0.1, 0.15) is 35.3 Å². The van der Waals surface area contributed by atoms with Crippen molar-refractivity contribution in [1.82, 2.24) is 5.32 Å². The van der Waals surface area contributed by atoms with Crippen LogP contribution in [0.2, 0.25) is 5.02 Å². The Kier molecular flexibility index (Phi) is 7.09. The first-order chi connectivity index (χ1) is 11.7. The summed E-state index contributed by atoms with van der Waals surface area (Å²) in [7, 11) is 0. The first-order valence-electron chi connectivity index (χ1n) is 8.00. The van der Waals surface area contributed by atoms with Crippen LogP contribution in [0, 0.1) is 0 Å². The fourth-order valence-corrected chi connectivity index (χ4v) is 2.46. The van der Waals surface area contributed by atoms with Crippen molar-refractivity contribution in [2.24, 2.45) is 0 Å². The number of halogens is 1. The molecule has 0 aromatic heterocycles. The van der Waals surface area contributed by atoms with E-state index in [1.807, 2.05) is 44.2 Å². The summed E-state index contributed by atoms with van der Waals surface area (Å²) in [6.07, 6.45) is 0. The second kappa shape index (κ2) is 9.30. The van der Waals surface area contributed by atoms with E-state index in [2.05, 4.69) is 5.32 Å². The molecule has 2 aromatic rings. The average molecular weight is 348 g/mol. The van der Waals surface area contributed by atoms with Crippen molar-refractivity contribution < 1.29 is 14.3 Å². The van der Waals surface area contributed by atoms with Crippen LogP contribution in [0.5, 0.6) is 5.75 Å². The molecule has 0 bridgehead atoms. The Morgan fingerprint density at radius 3 is 2.58 bits per heavy atom. The van der Waals surface area contributed by atoms with Crippen LogP contribution in [0.3, 0.4) is 0 Å². The first kappa shape index (κ1) is 18.3. The Hall–Kier alpha value is -2.04. The van der Waals surface area contributed by atoms with Gasteiger partial charge in [0.2, 0.25) is 0 Å². The Morgan fingerprint density at radius 1 is 1.08 bits per heavy atom. The quantitative estimate of drug-likeness (QED) is 0.778. The van der Waals surface area contributed by atoms with Crippen LogP contribution in [-0.2, 0) is 17.9 Å². The molecule has 0 saturated carbocycles. The largest absolute Gasteiger partial charge is 0.494 e. The maximum Gasteiger partial charge on any atom is 0.251 e. The van der Waals surface area contributed by atoms with Gasteiger partial charge < -0.3 is 14.8 Å². The minimum Gasteiger partial charge on any atom is -0.494 e. The number of ether oxygens (including phenoxy) is 2. The summed E-state index contributed by atoms with van der Waals surface area (Å²) in [5.41, 5.74) is 2.32. The molecule has 5 heteroatoms. The number of hydrogen-bond donors (Lipinski definition) is 1. The van der Waals surface area contributed by atoms with Gasteiger partial charge in [-0.05, 0) is 43.7 Å². The standard InChI is InChI=1S/C19H22ClNO3/c1-3-23-13-16-11-14(9-10-18(16)24-4-2)19(22)21-12-15-7-5-6-8-17(15)20/h5-11H,3-4,12-13H2,1-2H3,(H,21,22). The lowest BCUT2D eigenvalue weighted by atomic mass is 10.1. The van der Waals surface area contributed by atoms with Crippen LogP contribution < -0.4 is 10.1 Å². The first-order valence-corrected chi connectivity index (χ1v) is 8.38. The summed E-state index contributed by atoms with van der Waals surface area (Å²) in [6.45, 7) is 5.82. The van der Waals surface area contributed by atoms with E-state index < -0.39 is 0 Å². The molecule has 128 valence electrons. The number of carbonyl (C=O) groups is 1. The van der Waals surface area contributed by atoms with E-state index in [-0.39, 0.29) is 5.91 Å². The highest BCUT2D eigenvalue weighted by molar-refractivity contribution is 6.31. The maximum atomic E-state index is 12.4. The second-order valence-electron chi connectivity index (χ2n) is 5.17. The average Bonchev–Trinajstić information content (AvgIpc) is 2.60. The fourth-order valence-electron chi connectivity index (χ4n) is 2.26. The van der Waals surface area contributed by atoms with Crippen LogP contribution >= 0.6 is 11.6 Å². The van der Waals surface area contributed by atoms with Crippen molar-refractivity contribution in [2.75, 3.05) is 13.2 Å². The predicted molar refractivity (Wildman–Crippen MR) is 95.6 cm³/mol. The number of carbonyl (C=O) groups excluding carboxylic acids is 1. The van der Waals surface area contributed by atoms with E-state index in [1.54, 1.807) is 12.1 Å². The zero-order chi connectivity index (χ0) is 17.4.